The molecule has 0 radical (unpaired) electrons. The summed E-state index contributed by atoms with van der Waals surface area (Å²) in [6.07, 6.45) is 0. The molecule has 0 amide bonds. The molecule has 0 atom stereocenters. The minimum absolute atomic E-state index is 0. The Balaban J connectivity index is 0.000000352. The van der Waals surface area contributed by atoms with Gasteiger partial charge in [0.25, 0.3) is 0 Å². The van der Waals surface area contributed by atoms with Crippen LogP contribution >= 0.6 is 126 Å². The van der Waals surface area contributed by atoms with Gasteiger partial charge in [-0.1, -0.05) is 18.2 Å². The zero-order valence-electron chi connectivity index (χ0n) is 9.51. The van der Waals surface area contributed by atoms with E-state index in [-0.39, 0.29) is 19.5 Å². The summed E-state index contributed by atoms with van der Waals surface area (Å²) in [4.78, 5) is 1.02. The molecule has 0 heterocycles. The van der Waals surface area contributed by atoms with Crippen LogP contribution < -0.4 is 0 Å². The molecule has 19 heavy (non-hydrogen) atoms. The average Bonchev–Trinajstić information content (AvgIpc) is 2.36. The van der Waals surface area contributed by atoms with Gasteiger partial charge in [0.15, 0.2) is 0 Å². The summed E-state index contributed by atoms with van der Waals surface area (Å²) in [5.74, 6) is 0. The van der Waals surface area contributed by atoms with Gasteiger partial charge in [-0.15, -0.1) is 12.6 Å². The topological polar surface area (TPSA) is 0 Å². The predicted octanol–water partition coefficient (Wildman–Crippen LogP) is 6.68. The van der Waals surface area contributed by atoms with Gasteiger partial charge in [-0.25, -0.2) is 0 Å². The molecular formula is C12H7I5SZn. The summed E-state index contributed by atoms with van der Waals surface area (Å²) in [7, 11) is 0. The average molecular weight is 883 g/mol. The predicted molar refractivity (Wildman–Crippen MR) is 124 cm³/mol. The molecule has 0 nitrogen and oxygen atoms in total. The Morgan fingerprint density at radius 2 is 1.11 bits per heavy atom. The molecule has 0 aliphatic rings. The zero-order chi connectivity index (χ0) is 13.7. The first kappa shape index (κ1) is 22.1. The van der Waals surface area contributed by atoms with Crippen LogP contribution in [0.2, 0.25) is 0 Å². The smallest absolute Gasteiger partial charge is 0.0418 e. The van der Waals surface area contributed by atoms with Gasteiger partial charge in [-0.05, 0) is 131 Å². The van der Waals surface area contributed by atoms with Crippen LogP contribution in [0.3, 0.4) is 0 Å². The monoisotopic (exact) mass is 881 g/mol. The molecule has 0 saturated carbocycles. The maximum absolute atomic E-state index is 4.08. The molecule has 7 heteroatoms. The summed E-state index contributed by atoms with van der Waals surface area (Å²) >= 11 is 16.0. The van der Waals surface area contributed by atoms with E-state index < -0.39 is 0 Å². The SMILES string of the molecule is Ic1cc(I)c(I)c(I)c1I.Sc1ccccc1.[Zn]. The van der Waals surface area contributed by atoms with Crippen molar-refractivity contribution in [1.29, 1.82) is 0 Å². The molecule has 0 unspecified atom stereocenters. The van der Waals surface area contributed by atoms with Crippen molar-refractivity contribution >= 4 is 126 Å². The second-order valence-electron chi connectivity index (χ2n) is 3.12. The van der Waals surface area contributed by atoms with Crippen LogP contribution in [0.25, 0.3) is 0 Å². The number of benzene rings is 2. The molecule has 0 aromatic heterocycles. The van der Waals surface area contributed by atoms with Gasteiger partial charge < -0.3 is 0 Å². The van der Waals surface area contributed by atoms with Crippen LogP contribution in [0.1, 0.15) is 0 Å². The molecule has 0 fully saturated rings. The van der Waals surface area contributed by atoms with E-state index in [9.17, 15) is 0 Å². The van der Waals surface area contributed by atoms with Crippen molar-refractivity contribution in [1.82, 2.24) is 0 Å². The van der Waals surface area contributed by atoms with Crippen LogP contribution in [-0.4, -0.2) is 0 Å². The first-order chi connectivity index (χ1) is 8.43. The van der Waals surface area contributed by atoms with E-state index in [1.54, 1.807) is 0 Å². The Hall–Kier alpha value is 3.06. The minimum atomic E-state index is 0. The second kappa shape index (κ2) is 11.6. The van der Waals surface area contributed by atoms with Gasteiger partial charge in [0.1, 0.15) is 0 Å². The third-order valence-electron chi connectivity index (χ3n) is 1.81. The van der Waals surface area contributed by atoms with E-state index in [1.807, 2.05) is 30.3 Å². The van der Waals surface area contributed by atoms with Crippen molar-refractivity contribution < 1.29 is 19.5 Å². The summed E-state index contributed by atoms with van der Waals surface area (Å²) < 4.78 is 6.80. The molecule has 2 rings (SSSR count). The normalized spacial score (nSPS) is 9.16. The van der Waals surface area contributed by atoms with Crippen molar-refractivity contribution in [3.63, 3.8) is 0 Å². The molecular weight excluding hydrogens is 876 g/mol. The van der Waals surface area contributed by atoms with E-state index >= 15 is 0 Å². The maximum Gasteiger partial charge on any atom is 0.0418 e. The van der Waals surface area contributed by atoms with Gasteiger partial charge in [0.05, 0.1) is 0 Å². The van der Waals surface area contributed by atoms with E-state index in [2.05, 4.69) is 132 Å². The Kier molecular flexibility index (Phi) is 13.4. The fourth-order valence-corrected chi connectivity index (χ4v) is 5.88. The fourth-order valence-electron chi connectivity index (χ4n) is 0.972. The zero-order valence-corrected chi connectivity index (χ0v) is 24.2. The molecule has 0 N–H and O–H groups in total. The van der Waals surface area contributed by atoms with Gasteiger partial charge in [-0.2, -0.15) is 0 Å². The number of hydrogen-bond donors (Lipinski definition) is 1. The third-order valence-corrected chi connectivity index (χ3v) is 11.3. The maximum atomic E-state index is 4.08. The summed E-state index contributed by atoms with van der Waals surface area (Å²) in [6, 6.07) is 12.0. The molecule has 0 spiro atoms. The Morgan fingerprint density at radius 3 is 1.42 bits per heavy atom. The first-order valence-electron chi connectivity index (χ1n) is 4.66. The van der Waals surface area contributed by atoms with Crippen molar-refractivity contribution in [3.05, 3.63) is 54.2 Å². The fraction of sp³-hybridized carbons (Fsp3) is 0. The Bertz CT molecular complexity index is 507. The van der Waals surface area contributed by atoms with Gasteiger partial charge in [0.2, 0.25) is 0 Å². The van der Waals surface area contributed by atoms with Crippen molar-refractivity contribution in [3.8, 4) is 0 Å². The van der Waals surface area contributed by atoms with E-state index in [1.165, 1.54) is 17.9 Å². The minimum Gasteiger partial charge on any atom is -0.143 e. The largest absolute Gasteiger partial charge is 0.143 e. The Morgan fingerprint density at radius 1 is 0.684 bits per heavy atom. The summed E-state index contributed by atoms with van der Waals surface area (Å²) in [5, 5.41) is 0. The molecule has 2 aromatic rings. The van der Waals surface area contributed by atoms with E-state index in [0.29, 0.717) is 0 Å². The molecule has 0 saturated heterocycles. The van der Waals surface area contributed by atoms with Crippen molar-refractivity contribution in [2.45, 2.75) is 4.90 Å². The number of halogens is 5. The molecule has 0 aliphatic heterocycles. The molecule has 0 bridgehead atoms. The van der Waals surface area contributed by atoms with Gasteiger partial charge in [-0.3, -0.25) is 0 Å². The number of rotatable bonds is 0. The molecule has 0 aliphatic carbocycles. The summed E-state index contributed by atoms with van der Waals surface area (Å²) in [5.41, 5.74) is 0. The van der Waals surface area contributed by atoms with Crippen LogP contribution in [0, 0.1) is 17.9 Å². The standard InChI is InChI=1S/C6HI5.C6H6S.Zn/c7-2-1-3(8)5(10)6(11)4(2)9;7-6-4-2-1-3-5-6;/h1H;1-5,7H;. The first-order valence-corrected chi connectivity index (χ1v) is 10.5. The van der Waals surface area contributed by atoms with E-state index in [0.717, 1.165) is 4.90 Å². The third kappa shape index (κ3) is 7.93. The number of thiol groups is 1. The van der Waals surface area contributed by atoms with Crippen LogP contribution in [0.5, 0.6) is 0 Å². The van der Waals surface area contributed by atoms with Gasteiger partial charge >= 0.3 is 0 Å². The van der Waals surface area contributed by atoms with Crippen LogP contribution in [0.4, 0.5) is 0 Å². The Labute approximate surface area is 200 Å². The molecule has 2 aromatic carbocycles. The summed E-state index contributed by atoms with van der Waals surface area (Å²) in [6.45, 7) is 0. The van der Waals surface area contributed by atoms with Gasteiger partial charge in [0, 0.05) is 42.2 Å². The van der Waals surface area contributed by atoms with Crippen LogP contribution in [-0.2, 0) is 19.5 Å². The van der Waals surface area contributed by atoms with E-state index in [4.69, 9.17) is 0 Å². The van der Waals surface area contributed by atoms with Crippen LogP contribution in [0.15, 0.2) is 41.3 Å². The molecule has 98 valence electrons. The van der Waals surface area contributed by atoms with Crippen molar-refractivity contribution in [2.24, 2.45) is 0 Å². The van der Waals surface area contributed by atoms with Crippen molar-refractivity contribution in [2.75, 3.05) is 0 Å². The number of hydrogen-bond acceptors (Lipinski definition) is 1. The quantitative estimate of drug-likeness (QED) is 0.0988. The second-order valence-corrected chi connectivity index (χ2v) is 9.19.